The lowest BCUT2D eigenvalue weighted by atomic mass is 10.2. The van der Waals surface area contributed by atoms with Gasteiger partial charge in [0.25, 0.3) is 0 Å². The molecule has 0 aliphatic heterocycles. The van der Waals surface area contributed by atoms with Crippen molar-refractivity contribution < 1.29 is 9.53 Å². The Labute approximate surface area is 148 Å². The fourth-order valence-corrected chi connectivity index (χ4v) is 2.31. The van der Waals surface area contributed by atoms with E-state index in [1.165, 1.54) is 0 Å². The van der Waals surface area contributed by atoms with Crippen LogP contribution in [-0.2, 0) is 4.79 Å². The molecule has 0 aromatic heterocycles. The van der Waals surface area contributed by atoms with Gasteiger partial charge in [0.05, 0.1) is 6.04 Å². The third kappa shape index (κ3) is 5.25. The second-order valence-corrected chi connectivity index (χ2v) is 6.20. The monoisotopic (exact) mass is 346 g/mol. The first kappa shape index (κ1) is 18.3. The Morgan fingerprint density at radius 3 is 2.54 bits per heavy atom. The zero-order chi connectivity index (χ0) is 17.5. The first-order valence-electron chi connectivity index (χ1n) is 7.92. The number of benzene rings is 2. The zero-order valence-corrected chi connectivity index (χ0v) is 15.0. The van der Waals surface area contributed by atoms with Gasteiger partial charge in [-0.1, -0.05) is 29.8 Å². The predicted molar refractivity (Wildman–Crippen MR) is 98.8 cm³/mol. The highest BCUT2D eigenvalue weighted by molar-refractivity contribution is 6.30. The molecule has 0 fully saturated rings. The second kappa shape index (κ2) is 8.71. The van der Waals surface area contributed by atoms with Gasteiger partial charge in [-0.3, -0.25) is 9.69 Å². The SMILES string of the molecule is Cc1ccccc1NC(=O)C(C)N(C)CCOc1ccc(Cl)cc1. The summed E-state index contributed by atoms with van der Waals surface area (Å²) in [5, 5.41) is 3.65. The predicted octanol–water partition coefficient (Wildman–Crippen LogP) is 3.99. The Balaban J connectivity index is 1.80. The normalized spacial score (nSPS) is 12.0. The summed E-state index contributed by atoms with van der Waals surface area (Å²) < 4.78 is 5.67. The molecule has 0 radical (unpaired) electrons. The Bertz CT molecular complexity index is 673. The lowest BCUT2D eigenvalue weighted by Crippen LogP contribution is -2.41. The van der Waals surface area contributed by atoms with Crippen molar-refractivity contribution in [1.82, 2.24) is 4.90 Å². The van der Waals surface area contributed by atoms with E-state index in [4.69, 9.17) is 16.3 Å². The fraction of sp³-hybridized carbons (Fsp3) is 0.316. The summed E-state index contributed by atoms with van der Waals surface area (Å²) in [4.78, 5) is 14.3. The van der Waals surface area contributed by atoms with Gasteiger partial charge in [-0.05, 0) is 56.8 Å². The molecular formula is C19H23ClN2O2. The van der Waals surface area contributed by atoms with Crippen LogP contribution in [-0.4, -0.2) is 37.0 Å². The molecule has 0 saturated carbocycles. The van der Waals surface area contributed by atoms with Crippen LogP contribution < -0.4 is 10.1 Å². The van der Waals surface area contributed by atoms with Crippen LogP contribution in [0.5, 0.6) is 5.75 Å². The van der Waals surface area contributed by atoms with Crippen LogP contribution in [0, 0.1) is 6.92 Å². The third-order valence-electron chi connectivity index (χ3n) is 3.97. The number of likely N-dealkylation sites (N-methyl/N-ethyl adjacent to an activating group) is 1. The number of ether oxygens (including phenoxy) is 1. The van der Waals surface area contributed by atoms with E-state index in [1.54, 1.807) is 12.1 Å². The lowest BCUT2D eigenvalue weighted by molar-refractivity contribution is -0.120. The van der Waals surface area contributed by atoms with Crippen LogP contribution in [0.1, 0.15) is 12.5 Å². The third-order valence-corrected chi connectivity index (χ3v) is 4.22. The van der Waals surface area contributed by atoms with E-state index in [0.717, 1.165) is 17.0 Å². The van der Waals surface area contributed by atoms with Crippen molar-refractivity contribution in [3.05, 3.63) is 59.1 Å². The molecule has 128 valence electrons. The number of carbonyl (C=O) groups is 1. The molecule has 0 saturated heterocycles. The van der Waals surface area contributed by atoms with Crippen LogP contribution in [0.4, 0.5) is 5.69 Å². The largest absolute Gasteiger partial charge is 0.492 e. The van der Waals surface area contributed by atoms with E-state index < -0.39 is 0 Å². The summed E-state index contributed by atoms with van der Waals surface area (Å²) in [5.74, 6) is 0.739. The Morgan fingerprint density at radius 1 is 1.21 bits per heavy atom. The fourth-order valence-electron chi connectivity index (χ4n) is 2.18. The average Bonchev–Trinajstić information content (AvgIpc) is 2.58. The summed E-state index contributed by atoms with van der Waals surface area (Å²) >= 11 is 5.84. The van der Waals surface area contributed by atoms with Gasteiger partial charge in [0.1, 0.15) is 12.4 Å². The minimum atomic E-state index is -0.251. The van der Waals surface area contributed by atoms with Gasteiger partial charge in [-0.2, -0.15) is 0 Å². The van der Waals surface area contributed by atoms with E-state index in [2.05, 4.69) is 5.32 Å². The minimum Gasteiger partial charge on any atom is -0.492 e. The topological polar surface area (TPSA) is 41.6 Å². The molecule has 0 heterocycles. The number of anilines is 1. The molecule has 5 heteroatoms. The van der Waals surface area contributed by atoms with Crippen molar-refractivity contribution in [2.24, 2.45) is 0 Å². The van der Waals surface area contributed by atoms with Crippen LogP contribution >= 0.6 is 11.6 Å². The number of hydrogen-bond donors (Lipinski definition) is 1. The van der Waals surface area contributed by atoms with E-state index in [0.29, 0.717) is 18.2 Å². The zero-order valence-electron chi connectivity index (χ0n) is 14.3. The quantitative estimate of drug-likeness (QED) is 0.824. The molecule has 0 bridgehead atoms. The molecule has 4 nitrogen and oxygen atoms in total. The Hall–Kier alpha value is -2.04. The highest BCUT2D eigenvalue weighted by Crippen LogP contribution is 2.16. The number of aryl methyl sites for hydroxylation is 1. The molecule has 1 amide bonds. The van der Waals surface area contributed by atoms with Crippen LogP contribution in [0.15, 0.2) is 48.5 Å². The van der Waals surface area contributed by atoms with Crippen LogP contribution in [0.25, 0.3) is 0 Å². The maximum atomic E-state index is 12.4. The van der Waals surface area contributed by atoms with E-state index in [-0.39, 0.29) is 11.9 Å². The minimum absolute atomic E-state index is 0.0294. The van der Waals surface area contributed by atoms with Gasteiger partial charge in [-0.15, -0.1) is 0 Å². The van der Waals surface area contributed by atoms with Crippen molar-refractivity contribution in [3.63, 3.8) is 0 Å². The van der Waals surface area contributed by atoms with Gasteiger partial charge >= 0.3 is 0 Å². The summed E-state index contributed by atoms with van der Waals surface area (Å²) in [6, 6.07) is 14.7. The first-order chi connectivity index (χ1) is 11.5. The average molecular weight is 347 g/mol. The maximum Gasteiger partial charge on any atom is 0.241 e. The summed E-state index contributed by atoms with van der Waals surface area (Å²) in [6.45, 7) is 5.00. The van der Waals surface area contributed by atoms with Gasteiger partial charge < -0.3 is 10.1 Å². The molecule has 0 spiro atoms. The number of nitrogens with one attached hydrogen (secondary N) is 1. The Morgan fingerprint density at radius 2 is 1.88 bits per heavy atom. The van der Waals surface area contributed by atoms with Gasteiger partial charge in [0.2, 0.25) is 5.91 Å². The number of hydrogen-bond acceptors (Lipinski definition) is 3. The standard InChI is InChI=1S/C19H23ClN2O2/c1-14-6-4-5-7-18(14)21-19(23)15(2)22(3)12-13-24-17-10-8-16(20)9-11-17/h4-11,15H,12-13H2,1-3H3,(H,21,23). The summed E-state index contributed by atoms with van der Waals surface area (Å²) in [6.07, 6.45) is 0. The maximum absolute atomic E-state index is 12.4. The molecule has 2 aromatic carbocycles. The van der Waals surface area contributed by atoms with Gasteiger partial charge in [0.15, 0.2) is 0 Å². The number of amides is 1. The lowest BCUT2D eigenvalue weighted by Gasteiger charge is -2.24. The molecule has 1 N–H and O–H groups in total. The second-order valence-electron chi connectivity index (χ2n) is 5.76. The summed E-state index contributed by atoms with van der Waals surface area (Å²) in [5.41, 5.74) is 1.90. The molecule has 1 atom stereocenters. The van der Waals surface area contributed by atoms with Crippen LogP contribution in [0.2, 0.25) is 5.02 Å². The number of rotatable bonds is 7. The molecule has 1 unspecified atom stereocenters. The van der Waals surface area contributed by atoms with Gasteiger partial charge in [-0.25, -0.2) is 0 Å². The van der Waals surface area contributed by atoms with Gasteiger partial charge in [0, 0.05) is 17.3 Å². The molecular weight excluding hydrogens is 324 g/mol. The van der Waals surface area contributed by atoms with E-state index >= 15 is 0 Å². The van der Waals surface area contributed by atoms with Crippen molar-refractivity contribution in [1.29, 1.82) is 0 Å². The van der Waals surface area contributed by atoms with E-state index in [9.17, 15) is 4.79 Å². The van der Waals surface area contributed by atoms with Crippen molar-refractivity contribution in [2.45, 2.75) is 19.9 Å². The molecule has 0 aliphatic carbocycles. The highest BCUT2D eigenvalue weighted by atomic mass is 35.5. The summed E-state index contributed by atoms with van der Waals surface area (Å²) in [7, 11) is 1.91. The first-order valence-corrected chi connectivity index (χ1v) is 8.30. The number of carbonyl (C=O) groups excluding carboxylic acids is 1. The highest BCUT2D eigenvalue weighted by Gasteiger charge is 2.18. The van der Waals surface area contributed by atoms with Crippen molar-refractivity contribution in [3.8, 4) is 5.75 Å². The smallest absolute Gasteiger partial charge is 0.241 e. The molecule has 0 aliphatic rings. The number of nitrogens with zero attached hydrogens (tertiary/aromatic N) is 1. The van der Waals surface area contributed by atoms with Crippen molar-refractivity contribution >= 4 is 23.2 Å². The Kier molecular flexibility index (Phi) is 6.64. The molecule has 2 aromatic rings. The van der Waals surface area contributed by atoms with E-state index in [1.807, 2.05) is 62.2 Å². The molecule has 24 heavy (non-hydrogen) atoms. The molecule has 2 rings (SSSR count). The van der Waals surface area contributed by atoms with Crippen LogP contribution in [0.3, 0.4) is 0 Å². The number of para-hydroxylation sites is 1. The number of halogens is 1. The van der Waals surface area contributed by atoms with Crippen molar-refractivity contribution in [2.75, 3.05) is 25.5 Å².